The highest BCUT2D eigenvalue weighted by Gasteiger charge is 2.17. The Labute approximate surface area is 350 Å². The maximum Gasteiger partial charge on any atom is 0.198 e. The van der Waals surface area contributed by atoms with Crippen LogP contribution in [0.4, 0.5) is 0 Å². The number of aromatic nitrogens is 4. The van der Waals surface area contributed by atoms with Crippen LogP contribution in [-0.4, -0.2) is 19.9 Å². The lowest BCUT2D eigenvalue weighted by atomic mass is 10.0. The predicted octanol–water partition coefficient (Wildman–Crippen LogP) is 14.3. The predicted molar refractivity (Wildman–Crippen MR) is 247 cm³/mol. The van der Waals surface area contributed by atoms with Crippen LogP contribution in [0.5, 0.6) is 0 Å². The molecule has 0 spiro atoms. The Balaban J connectivity index is 1.11. The standard InChI is InChI=1S/C56H38N4/c1-5-13-39(14-6-1)43-21-29-47(30-22-43)51-37-52(48-31-23-44(24-32-48)40-15-7-2-8-16-40)58-55(57-51)56-59-53(49-33-25-45(26-34-49)41-17-9-3-10-18-41)38-54(60-56)50-35-27-46(28-36-50)42-19-11-4-12-20-42/h1-38H. The van der Waals surface area contributed by atoms with Gasteiger partial charge in [0.25, 0.3) is 0 Å². The lowest BCUT2D eigenvalue weighted by molar-refractivity contribution is 1.09. The van der Waals surface area contributed by atoms with Crippen molar-refractivity contribution in [1.82, 2.24) is 19.9 Å². The fourth-order valence-electron chi connectivity index (χ4n) is 7.54. The molecular formula is C56H38N4. The van der Waals surface area contributed by atoms with Gasteiger partial charge in [0.2, 0.25) is 0 Å². The van der Waals surface area contributed by atoms with E-state index in [1.54, 1.807) is 0 Å². The van der Waals surface area contributed by atoms with Gasteiger partial charge in [-0.15, -0.1) is 0 Å². The second-order valence-electron chi connectivity index (χ2n) is 14.7. The van der Waals surface area contributed by atoms with Crippen LogP contribution in [0.3, 0.4) is 0 Å². The molecule has 0 unspecified atom stereocenters. The summed E-state index contributed by atoms with van der Waals surface area (Å²) in [5, 5.41) is 0. The largest absolute Gasteiger partial charge is 0.225 e. The average molecular weight is 767 g/mol. The number of hydrogen-bond donors (Lipinski definition) is 0. The monoisotopic (exact) mass is 766 g/mol. The maximum atomic E-state index is 5.21. The Hall–Kier alpha value is -8.08. The third-order valence-electron chi connectivity index (χ3n) is 10.8. The average Bonchev–Trinajstić information content (AvgIpc) is 3.35. The molecule has 2 heterocycles. The molecule has 0 radical (unpaired) electrons. The normalized spacial score (nSPS) is 11.0. The Bertz CT molecular complexity index is 2590. The highest BCUT2D eigenvalue weighted by Crippen LogP contribution is 2.33. The lowest BCUT2D eigenvalue weighted by Crippen LogP contribution is -2.02. The highest BCUT2D eigenvalue weighted by molar-refractivity contribution is 5.78. The summed E-state index contributed by atoms with van der Waals surface area (Å²) in [5.74, 6) is 0.901. The van der Waals surface area contributed by atoms with E-state index in [0.717, 1.165) is 89.5 Å². The van der Waals surface area contributed by atoms with Crippen LogP contribution in [0.2, 0.25) is 0 Å². The minimum Gasteiger partial charge on any atom is -0.225 e. The van der Waals surface area contributed by atoms with Gasteiger partial charge in [0.1, 0.15) is 0 Å². The minimum atomic E-state index is 0.451. The van der Waals surface area contributed by atoms with E-state index in [-0.39, 0.29) is 0 Å². The fraction of sp³-hybridized carbons (Fsp3) is 0. The van der Waals surface area contributed by atoms with Gasteiger partial charge in [-0.1, -0.05) is 218 Å². The smallest absolute Gasteiger partial charge is 0.198 e. The third kappa shape index (κ3) is 7.78. The van der Waals surface area contributed by atoms with E-state index in [1.807, 2.05) is 24.3 Å². The summed E-state index contributed by atoms with van der Waals surface area (Å²) in [6.45, 7) is 0. The number of nitrogens with zero attached hydrogens (tertiary/aromatic N) is 4. The van der Waals surface area contributed by atoms with Crippen molar-refractivity contribution in [3.8, 4) is 101 Å². The first-order valence-corrected chi connectivity index (χ1v) is 20.1. The zero-order valence-electron chi connectivity index (χ0n) is 32.7. The van der Waals surface area contributed by atoms with Gasteiger partial charge in [-0.3, -0.25) is 0 Å². The second-order valence-corrected chi connectivity index (χ2v) is 14.7. The summed E-state index contributed by atoms with van der Waals surface area (Å²) in [7, 11) is 0. The molecule has 282 valence electrons. The van der Waals surface area contributed by atoms with Crippen molar-refractivity contribution in [2.75, 3.05) is 0 Å². The summed E-state index contributed by atoms with van der Waals surface area (Å²) in [5.41, 5.74) is 16.3. The van der Waals surface area contributed by atoms with Gasteiger partial charge < -0.3 is 0 Å². The minimum absolute atomic E-state index is 0.451. The Morgan fingerprint density at radius 1 is 0.167 bits per heavy atom. The van der Waals surface area contributed by atoms with Gasteiger partial charge in [-0.2, -0.15) is 0 Å². The van der Waals surface area contributed by atoms with Crippen LogP contribution in [0.15, 0.2) is 231 Å². The summed E-state index contributed by atoms with van der Waals surface area (Å²) < 4.78 is 0. The first kappa shape index (κ1) is 36.3. The topological polar surface area (TPSA) is 51.6 Å². The quantitative estimate of drug-likeness (QED) is 0.147. The molecule has 0 aliphatic carbocycles. The molecular weight excluding hydrogens is 729 g/mol. The summed E-state index contributed by atoms with van der Waals surface area (Å²) in [6.07, 6.45) is 0. The summed E-state index contributed by atoms with van der Waals surface area (Å²) in [6, 6.07) is 80.0. The van der Waals surface area contributed by atoms with E-state index in [4.69, 9.17) is 19.9 Å². The van der Waals surface area contributed by atoms with E-state index in [9.17, 15) is 0 Å². The van der Waals surface area contributed by atoms with Gasteiger partial charge >= 0.3 is 0 Å². The molecule has 10 aromatic rings. The molecule has 0 saturated heterocycles. The van der Waals surface area contributed by atoms with Crippen molar-refractivity contribution in [2.45, 2.75) is 0 Å². The summed E-state index contributed by atoms with van der Waals surface area (Å²) in [4.78, 5) is 20.8. The molecule has 0 aliphatic heterocycles. The van der Waals surface area contributed by atoms with Crippen LogP contribution < -0.4 is 0 Å². The van der Waals surface area contributed by atoms with Crippen LogP contribution in [-0.2, 0) is 0 Å². The molecule has 4 nitrogen and oxygen atoms in total. The van der Waals surface area contributed by atoms with Gasteiger partial charge in [0.05, 0.1) is 22.8 Å². The van der Waals surface area contributed by atoms with Crippen molar-refractivity contribution in [1.29, 1.82) is 0 Å². The SMILES string of the molecule is c1ccc(-c2ccc(-c3cc(-c4ccc(-c5ccccc5)cc4)nc(-c4nc(-c5ccc(-c6ccccc6)cc5)cc(-c5ccc(-c6ccccc6)cc5)n4)n3)cc2)cc1. The van der Waals surface area contributed by atoms with E-state index >= 15 is 0 Å². The van der Waals surface area contributed by atoms with E-state index in [1.165, 1.54) is 0 Å². The van der Waals surface area contributed by atoms with Crippen LogP contribution in [0.25, 0.3) is 101 Å². The number of benzene rings is 8. The van der Waals surface area contributed by atoms with Crippen molar-refractivity contribution < 1.29 is 0 Å². The molecule has 60 heavy (non-hydrogen) atoms. The molecule has 0 amide bonds. The zero-order valence-corrected chi connectivity index (χ0v) is 32.7. The van der Waals surface area contributed by atoms with Gasteiger partial charge in [0, 0.05) is 22.3 Å². The molecule has 0 saturated carbocycles. The number of hydrogen-bond acceptors (Lipinski definition) is 4. The molecule has 8 aromatic carbocycles. The molecule has 4 heteroatoms. The van der Waals surface area contributed by atoms with Crippen LogP contribution >= 0.6 is 0 Å². The van der Waals surface area contributed by atoms with Crippen molar-refractivity contribution in [3.63, 3.8) is 0 Å². The van der Waals surface area contributed by atoms with Crippen molar-refractivity contribution in [2.24, 2.45) is 0 Å². The highest BCUT2D eigenvalue weighted by atomic mass is 15.0. The molecule has 0 N–H and O–H groups in total. The van der Waals surface area contributed by atoms with Crippen LogP contribution in [0, 0.1) is 0 Å². The van der Waals surface area contributed by atoms with E-state index in [0.29, 0.717) is 11.6 Å². The van der Waals surface area contributed by atoms with Gasteiger partial charge in [-0.05, 0) is 56.6 Å². The Morgan fingerprint density at radius 2 is 0.333 bits per heavy atom. The van der Waals surface area contributed by atoms with Gasteiger partial charge in [0.15, 0.2) is 11.6 Å². The van der Waals surface area contributed by atoms with Crippen molar-refractivity contribution in [3.05, 3.63) is 231 Å². The zero-order chi connectivity index (χ0) is 40.1. The Kier molecular flexibility index (Phi) is 9.92. The molecule has 0 bridgehead atoms. The molecule has 0 fully saturated rings. The third-order valence-corrected chi connectivity index (χ3v) is 10.8. The molecule has 0 aliphatic rings. The molecule has 10 rings (SSSR count). The molecule has 0 atom stereocenters. The first-order valence-electron chi connectivity index (χ1n) is 20.1. The van der Waals surface area contributed by atoms with Gasteiger partial charge in [-0.25, -0.2) is 19.9 Å². The summed E-state index contributed by atoms with van der Waals surface area (Å²) >= 11 is 0. The lowest BCUT2D eigenvalue weighted by Gasteiger charge is -2.13. The van der Waals surface area contributed by atoms with E-state index < -0.39 is 0 Å². The first-order chi connectivity index (χ1) is 29.7. The Morgan fingerprint density at radius 3 is 0.533 bits per heavy atom. The molecule has 2 aromatic heterocycles. The van der Waals surface area contributed by atoms with Crippen LogP contribution in [0.1, 0.15) is 0 Å². The number of rotatable bonds is 9. The van der Waals surface area contributed by atoms with E-state index in [2.05, 4.69) is 206 Å². The fourth-order valence-corrected chi connectivity index (χ4v) is 7.54. The maximum absolute atomic E-state index is 5.21. The second kappa shape index (κ2) is 16.4. The van der Waals surface area contributed by atoms with Crippen molar-refractivity contribution >= 4 is 0 Å².